The average Bonchev–Trinajstić information content (AvgIpc) is 3.10. The van der Waals surface area contributed by atoms with Crippen LogP contribution in [-0.2, 0) is 0 Å². The molecule has 3 N–H and O–H groups in total. The van der Waals surface area contributed by atoms with Gasteiger partial charge in [-0.15, -0.1) is 0 Å². The highest BCUT2D eigenvalue weighted by Gasteiger charge is 2.41. The fourth-order valence-electron chi connectivity index (χ4n) is 11.3. The van der Waals surface area contributed by atoms with Crippen molar-refractivity contribution in [3.63, 3.8) is 0 Å². The summed E-state index contributed by atoms with van der Waals surface area (Å²) in [4.78, 5) is 4.84. The molecule has 1 aliphatic carbocycles. The van der Waals surface area contributed by atoms with Gasteiger partial charge in [-0.25, -0.2) is 0 Å². The molecule has 4 heteroatoms. The summed E-state index contributed by atoms with van der Waals surface area (Å²) < 4.78 is 0. The number of hydrogen-bond acceptors (Lipinski definition) is 4. The zero-order chi connectivity index (χ0) is 33.6. The molecule has 0 amide bonds. The van der Waals surface area contributed by atoms with Gasteiger partial charge in [-0.05, 0) is 117 Å². The summed E-state index contributed by atoms with van der Waals surface area (Å²) in [6.45, 7) is 15.9. The smallest absolute Gasteiger partial charge is 0.0452 e. The Hall–Kier alpha value is -1.75. The molecule has 4 nitrogen and oxygen atoms in total. The van der Waals surface area contributed by atoms with Crippen LogP contribution in [0.4, 0.5) is 0 Å². The molecule has 1 aromatic heterocycles. The summed E-state index contributed by atoms with van der Waals surface area (Å²) in [6.07, 6.45) is 19.6. The van der Waals surface area contributed by atoms with Gasteiger partial charge in [-0.2, -0.15) is 0 Å². The molecule has 6 rings (SSSR count). The Morgan fingerprint density at radius 1 is 0.646 bits per heavy atom. The van der Waals surface area contributed by atoms with Crippen molar-refractivity contribution >= 4 is 0 Å². The minimum Gasteiger partial charge on any atom is -0.313 e. The molecule has 1 aromatic carbocycles. The molecule has 0 radical (unpaired) electrons. The topological polar surface area (TPSA) is 49.0 Å². The number of pyridine rings is 1. The lowest BCUT2D eigenvalue weighted by atomic mass is 9.65. The van der Waals surface area contributed by atoms with Crippen molar-refractivity contribution in [2.24, 2.45) is 35.5 Å². The van der Waals surface area contributed by atoms with Crippen molar-refractivity contribution in [3.05, 3.63) is 65.5 Å². The second-order valence-corrected chi connectivity index (χ2v) is 17.6. The van der Waals surface area contributed by atoms with Crippen LogP contribution in [0, 0.1) is 35.5 Å². The van der Waals surface area contributed by atoms with Crippen LogP contribution in [0.1, 0.15) is 160 Å². The zero-order valence-corrected chi connectivity index (χ0v) is 31.5. The van der Waals surface area contributed by atoms with E-state index in [4.69, 9.17) is 4.98 Å². The predicted molar refractivity (Wildman–Crippen MR) is 203 cm³/mol. The minimum absolute atomic E-state index is 0.483. The Morgan fingerprint density at radius 2 is 1.42 bits per heavy atom. The summed E-state index contributed by atoms with van der Waals surface area (Å²) >= 11 is 0. The van der Waals surface area contributed by atoms with Crippen LogP contribution in [0.2, 0.25) is 0 Å². The average molecular weight is 655 g/mol. The SMILES string of the molecule is CC(C)C(c1cccc(C2CCCC(C(C(C)C)C3CCCC(C4CCCC(C(c5ccccn5)C(C)C)N4)C3)N2)c1)C1CCCCN1. The number of piperidine rings is 3. The molecule has 4 aliphatic rings. The molecule has 48 heavy (non-hydrogen) atoms. The lowest BCUT2D eigenvalue weighted by Gasteiger charge is -2.47. The van der Waals surface area contributed by atoms with Gasteiger partial charge in [-0.3, -0.25) is 4.98 Å². The Balaban J connectivity index is 1.13. The van der Waals surface area contributed by atoms with E-state index < -0.39 is 0 Å². The third-order valence-corrected chi connectivity index (χ3v) is 13.4. The molecular formula is C44H70N4. The van der Waals surface area contributed by atoms with Gasteiger partial charge in [0.2, 0.25) is 0 Å². The second kappa shape index (κ2) is 17.0. The van der Waals surface area contributed by atoms with E-state index in [9.17, 15) is 0 Å². The Labute approximate surface area is 294 Å². The van der Waals surface area contributed by atoms with E-state index in [0.29, 0.717) is 59.8 Å². The van der Waals surface area contributed by atoms with E-state index in [2.05, 4.69) is 100.0 Å². The van der Waals surface area contributed by atoms with Gasteiger partial charge in [0.15, 0.2) is 0 Å². The predicted octanol–water partition coefficient (Wildman–Crippen LogP) is 10.2. The van der Waals surface area contributed by atoms with E-state index in [1.54, 1.807) is 5.56 Å². The first-order valence-corrected chi connectivity index (χ1v) is 20.6. The van der Waals surface area contributed by atoms with Gasteiger partial charge in [0.05, 0.1) is 0 Å². The summed E-state index contributed by atoms with van der Waals surface area (Å²) in [7, 11) is 0. The van der Waals surface area contributed by atoms with Crippen LogP contribution in [0.5, 0.6) is 0 Å². The normalized spacial score (nSPS) is 32.3. The van der Waals surface area contributed by atoms with E-state index >= 15 is 0 Å². The van der Waals surface area contributed by atoms with E-state index in [-0.39, 0.29) is 0 Å². The Kier molecular flexibility index (Phi) is 12.7. The van der Waals surface area contributed by atoms with Crippen LogP contribution in [0.15, 0.2) is 48.7 Å². The second-order valence-electron chi connectivity index (χ2n) is 17.6. The van der Waals surface area contributed by atoms with Crippen LogP contribution >= 0.6 is 0 Å². The van der Waals surface area contributed by atoms with Crippen molar-refractivity contribution < 1.29 is 0 Å². The highest BCUT2D eigenvalue weighted by molar-refractivity contribution is 5.31. The fraction of sp³-hybridized carbons (Fsp3) is 0.750. The van der Waals surface area contributed by atoms with Crippen molar-refractivity contribution in [2.45, 2.75) is 167 Å². The lowest BCUT2D eigenvalue weighted by Crippen LogP contribution is -2.52. The first-order chi connectivity index (χ1) is 23.3. The van der Waals surface area contributed by atoms with Gasteiger partial charge < -0.3 is 16.0 Å². The minimum atomic E-state index is 0.483. The zero-order valence-electron chi connectivity index (χ0n) is 31.5. The van der Waals surface area contributed by atoms with Gasteiger partial charge in [0.25, 0.3) is 0 Å². The molecule has 1 saturated carbocycles. The fourth-order valence-corrected chi connectivity index (χ4v) is 11.3. The maximum absolute atomic E-state index is 4.84. The standard InChI is InChI=1S/C44H70N4/c1-29(2)42(38-19-7-9-25-45-38)34-17-11-15-32(27-34)36-21-13-23-40(47-36)43(30(3)4)35-18-12-16-33(28-35)37-22-14-24-41(48-37)44(31(5)6)39-20-8-10-26-46-39/h8,10-11,15,17,20,26-27,29-31,33,35-38,40-45,47-48H,7,9,12-14,16,18-19,21-25,28H2,1-6H3. The van der Waals surface area contributed by atoms with Crippen molar-refractivity contribution in [1.82, 2.24) is 20.9 Å². The first kappa shape index (κ1) is 36.1. The van der Waals surface area contributed by atoms with E-state index in [1.807, 2.05) is 6.20 Å². The Morgan fingerprint density at radius 3 is 2.15 bits per heavy atom. The van der Waals surface area contributed by atoms with Crippen LogP contribution < -0.4 is 16.0 Å². The molecule has 2 aromatic rings. The van der Waals surface area contributed by atoms with Gasteiger partial charge in [0.1, 0.15) is 0 Å². The molecule has 10 atom stereocenters. The quantitative estimate of drug-likeness (QED) is 0.226. The van der Waals surface area contributed by atoms with Gasteiger partial charge >= 0.3 is 0 Å². The monoisotopic (exact) mass is 655 g/mol. The third kappa shape index (κ3) is 8.57. The third-order valence-electron chi connectivity index (χ3n) is 13.4. The number of rotatable bonds is 11. The molecule has 4 fully saturated rings. The number of nitrogens with zero attached hydrogens (tertiary/aromatic N) is 1. The van der Waals surface area contributed by atoms with Crippen molar-refractivity contribution in [1.29, 1.82) is 0 Å². The maximum Gasteiger partial charge on any atom is 0.0452 e. The van der Waals surface area contributed by atoms with Gasteiger partial charge in [0, 0.05) is 53.9 Å². The number of benzene rings is 1. The molecular weight excluding hydrogens is 585 g/mol. The number of aromatic nitrogens is 1. The van der Waals surface area contributed by atoms with Gasteiger partial charge in [-0.1, -0.05) is 104 Å². The van der Waals surface area contributed by atoms with Crippen molar-refractivity contribution in [3.8, 4) is 0 Å². The summed E-state index contributed by atoms with van der Waals surface area (Å²) in [5.74, 6) is 5.42. The molecule has 0 spiro atoms. The highest BCUT2D eigenvalue weighted by Crippen LogP contribution is 2.44. The van der Waals surface area contributed by atoms with Crippen LogP contribution in [0.3, 0.4) is 0 Å². The molecule has 10 unspecified atom stereocenters. The number of nitrogens with one attached hydrogen (secondary N) is 3. The van der Waals surface area contributed by atoms with Crippen LogP contribution in [0.25, 0.3) is 0 Å². The molecule has 4 heterocycles. The summed E-state index contributed by atoms with van der Waals surface area (Å²) in [5, 5.41) is 12.5. The molecule has 3 saturated heterocycles. The highest BCUT2D eigenvalue weighted by atomic mass is 15.0. The first-order valence-electron chi connectivity index (χ1n) is 20.6. The van der Waals surface area contributed by atoms with E-state index in [0.717, 1.165) is 17.8 Å². The summed E-state index contributed by atoms with van der Waals surface area (Å²) in [6, 6.07) is 19.2. The number of hydrogen-bond donors (Lipinski definition) is 3. The van der Waals surface area contributed by atoms with Crippen LogP contribution in [-0.4, -0.2) is 35.7 Å². The molecule has 266 valence electrons. The Bertz CT molecular complexity index is 1240. The summed E-state index contributed by atoms with van der Waals surface area (Å²) in [5.41, 5.74) is 4.37. The maximum atomic E-state index is 4.84. The van der Waals surface area contributed by atoms with E-state index in [1.165, 1.54) is 101 Å². The lowest BCUT2D eigenvalue weighted by molar-refractivity contribution is 0.0776. The molecule has 0 bridgehead atoms. The molecule has 3 aliphatic heterocycles. The van der Waals surface area contributed by atoms with Crippen molar-refractivity contribution in [2.75, 3.05) is 6.54 Å². The largest absolute Gasteiger partial charge is 0.313 e.